The lowest BCUT2D eigenvalue weighted by Crippen LogP contribution is -2.32. The van der Waals surface area contributed by atoms with Crippen molar-refractivity contribution in [3.63, 3.8) is 0 Å². The van der Waals surface area contributed by atoms with Crippen LogP contribution in [0.2, 0.25) is 0 Å². The van der Waals surface area contributed by atoms with E-state index in [0.29, 0.717) is 0 Å². The normalized spacial score (nSPS) is 14.3. The Labute approximate surface area is 259 Å². The Balaban J connectivity index is 1.44. The fraction of sp³-hybridized carbons (Fsp3) is 0.143. The van der Waals surface area contributed by atoms with Crippen molar-refractivity contribution >= 4 is 0 Å². The van der Waals surface area contributed by atoms with Crippen LogP contribution in [0.25, 0.3) is 44.5 Å². The number of hydrogen-bond acceptors (Lipinski definition) is 2. The third-order valence-corrected chi connectivity index (χ3v) is 9.38. The molecule has 7 rings (SSSR count). The molecule has 0 aliphatic heterocycles. The van der Waals surface area contributed by atoms with E-state index in [-0.39, 0.29) is 16.9 Å². The fourth-order valence-electron chi connectivity index (χ4n) is 7.33. The number of phenols is 2. The summed E-state index contributed by atoms with van der Waals surface area (Å²) in [6.45, 7) is 0. The number of aromatic hydroxyl groups is 2. The van der Waals surface area contributed by atoms with Crippen molar-refractivity contribution in [2.45, 2.75) is 37.5 Å². The molecule has 44 heavy (non-hydrogen) atoms. The second-order valence-electron chi connectivity index (χ2n) is 11.9. The Morgan fingerprint density at radius 3 is 1.09 bits per heavy atom. The van der Waals surface area contributed by atoms with Crippen LogP contribution >= 0.6 is 0 Å². The summed E-state index contributed by atoms with van der Waals surface area (Å²) in [6.07, 6.45) is 5.79. The van der Waals surface area contributed by atoms with Gasteiger partial charge in [-0.05, 0) is 92.7 Å². The third-order valence-electron chi connectivity index (χ3n) is 9.38. The summed E-state index contributed by atoms with van der Waals surface area (Å²) in [5.41, 5.74) is 12.1. The highest BCUT2D eigenvalue weighted by molar-refractivity contribution is 5.88. The summed E-state index contributed by atoms with van der Waals surface area (Å²) in [4.78, 5) is 0. The molecule has 2 heteroatoms. The Morgan fingerprint density at radius 1 is 0.341 bits per heavy atom. The molecule has 0 saturated heterocycles. The maximum atomic E-state index is 9.98. The zero-order valence-corrected chi connectivity index (χ0v) is 24.8. The SMILES string of the molecule is Oc1ccc(-c2ccccc2-c2ccccc2C2(c3ccccc3-c3ccccc3-c3ccc(O)cc3)CCCCC2)cc1. The van der Waals surface area contributed by atoms with Crippen LogP contribution in [-0.4, -0.2) is 10.2 Å². The number of hydrogen-bond donors (Lipinski definition) is 2. The van der Waals surface area contributed by atoms with E-state index in [0.717, 1.165) is 35.1 Å². The van der Waals surface area contributed by atoms with Crippen LogP contribution < -0.4 is 0 Å². The lowest BCUT2D eigenvalue weighted by molar-refractivity contribution is 0.347. The molecular weight excluding hydrogens is 536 g/mol. The van der Waals surface area contributed by atoms with Crippen LogP contribution in [0.1, 0.15) is 43.2 Å². The van der Waals surface area contributed by atoms with Gasteiger partial charge in [0.1, 0.15) is 11.5 Å². The maximum Gasteiger partial charge on any atom is 0.115 e. The summed E-state index contributed by atoms with van der Waals surface area (Å²) in [6, 6.07) is 50.4. The number of phenolic OH excluding ortho intramolecular Hbond substituents is 2. The second kappa shape index (κ2) is 11.9. The van der Waals surface area contributed by atoms with Crippen molar-refractivity contribution in [1.82, 2.24) is 0 Å². The van der Waals surface area contributed by atoms with Gasteiger partial charge in [-0.1, -0.05) is 141 Å². The Morgan fingerprint density at radius 2 is 0.682 bits per heavy atom. The van der Waals surface area contributed by atoms with Crippen LogP contribution in [0.3, 0.4) is 0 Å². The predicted octanol–water partition coefficient (Wildman–Crippen LogP) is 11.0. The molecule has 0 heterocycles. The van der Waals surface area contributed by atoms with Gasteiger partial charge in [-0.15, -0.1) is 0 Å². The first-order chi connectivity index (χ1) is 21.6. The first kappa shape index (κ1) is 27.7. The summed E-state index contributed by atoms with van der Waals surface area (Å²) < 4.78 is 0. The smallest absolute Gasteiger partial charge is 0.115 e. The molecule has 2 nitrogen and oxygen atoms in total. The Hall–Kier alpha value is -5.08. The van der Waals surface area contributed by atoms with Crippen LogP contribution in [-0.2, 0) is 5.41 Å². The van der Waals surface area contributed by atoms with Gasteiger partial charge in [-0.25, -0.2) is 0 Å². The average Bonchev–Trinajstić information content (AvgIpc) is 3.09. The van der Waals surface area contributed by atoms with Crippen molar-refractivity contribution in [2.75, 3.05) is 0 Å². The molecule has 1 saturated carbocycles. The van der Waals surface area contributed by atoms with Gasteiger partial charge in [-0.3, -0.25) is 0 Å². The van der Waals surface area contributed by atoms with Gasteiger partial charge in [0, 0.05) is 5.41 Å². The summed E-state index contributed by atoms with van der Waals surface area (Å²) >= 11 is 0. The van der Waals surface area contributed by atoms with Crippen molar-refractivity contribution < 1.29 is 10.2 Å². The van der Waals surface area contributed by atoms with Crippen LogP contribution in [0.15, 0.2) is 146 Å². The Kier molecular flexibility index (Phi) is 7.50. The minimum atomic E-state index is -0.157. The minimum Gasteiger partial charge on any atom is -0.508 e. The molecule has 216 valence electrons. The van der Waals surface area contributed by atoms with Crippen molar-refractivity contribution in [1.29, 1.82) is 0 Å². The van der Waals surface area contributed by atoms with Gasteiger partial charge >= 0.3 is 0 Å². The maximum absolute atomic E-state index is 9.98. The van der Waals surface area contributed by atoms with E-state index in [1.54, 1.807) is 24.3 Å². The monoisotopic (exact) mass is 572 g/mol. The van der Waals surface area contributed by atoms with Gasteiger partial charge in [0.15, 0.2) is 0 Å². The van der Waals surface area contributed by atoms with E-state index in [1.807, 2.05) is 24.3 Å². The average molecular weight is 573 g/mol. The van der Waals surface area contributed by atoms with E-state index in [1.165, 1.54) is 52.6 Å². The molecule has 0 unspecified atom stereocenters. The third kappa shape index (κ3) is 5.07. The van der Waals surface area contributed by atoms with Gasteiger partial charge in [0.05, 0.1) is 0 Å². The molecular formula is C42H36O2. The van der Waals surface area contributed by atoms with Crippen LogP contribution in [0.4, 0.5) is 0 Å². The molecule has 0 radical (unpaired) electrons. The lowest BCUT2D eigenvalue weighted by atomic mass is 9.62. The quantitative estimate of drug-likeness (QED) is 0.208. The largest absolute Gasteiger partial charge is 0.508 e. The molecule has 0 bridgehead atoms. The molecule has 1 aliphatic rings. The molecule has 1 fully saturated rings. The zero-order valence-electron chi connectivity index (χ0n) is 24.8. The van der Waals surface area contributed by atoms with E-state index in [2.05, 4.69) is 97.1 Å². The van der Waals surface area contributed by atoms with E-state index < -0.39 is 0 Å². The van der Waals surface area contributed by atoms with E-state index in [9.17, 15) is 10.2 Å². The molecule has 0 atom stereocenters. The first-order valence-corrected chi connectivity index (χ1v) is 15.6. The highest BCUT2D eigenvalue weighted by atomic mass is 16.3. The second-order valence-corrected chi connectivity index (χ2v) is 11.9. The molecule has 0 spiro atoms. The standard InChI is InChI=1S/C42H36O2/c43-32-24-20-30(21-25-32)34-12-2-4-14-36(34)38-16-6-8-18-40(38)42(28-10-1-11-29-42)41-19-9-7-17-39(41)37-15-5-3-13-35(37)31-22-26-33(44)27-23-31/h2-9,12-27,43-44H,1,10-11,28-29H2. The zero-order chi connectivity index (χ0) is 29.9. The summed E-state index contributed by atoms with van der Waals surface area (Å²) in [5, 5.41) is 20.0. The highest BCUT2D eigenvalue weighted by Crippen LogP contribution is 2.52. The molecule has 6 aromatic rings. The molecule has 2 N–H and O–H groups in total. The van der Waals surface area contributed by atoms with Gasteiger partial charge in [0.25, 0.3) is 0 Å². The molecule has 1 aliphatic carbocycles. The van der Waals surface area contributed by atoms with Crippen molar-refractivity contribution in [3.05, 3.63) is 157 Å². The number of benzene rings is 6. The van der Waals surface area contributed by atoms with E-state index in [4.69, 9.17) is 0 Å². The molecule has 0 aromatic heterocycles. The van der Waals surface area contributed by atoms with Crippen LogP contribution in [0.5, 0.6) is 11.5 Å². The van der Waals surface area contributed by atoms with E-state index >= 15 is 0 Å². The van der Waals surface area contributed by atoms with Gasteiger partial charge < -0.3 is 10.2 Å². The minimum absolute atomic E-state index is 0.157. The predicted molar refractivity (Wildman–Crippen MR) is 182 cm³/mol. The highest BCUT2D eigenvalue weighted by Gasteiger charge is 2.39. The van der Waals surface area contributed by atoms with Crippen molar-refractivity contribution in [2.24, 2.45) is 0 Å². The molecule has 0 amide bonds. The fourth-order valence-corrected chi connectivity index (χ4v) is 7.33. The summed E-state index contributed by atoms with van der Waals surface area (Å²) in [5.74, 6) is 0.550. The van der Waals surface area contributed by atoms with Crippen LogP contribution in [0, 0.1) is 0 Å². The van der Waals surface area contributed by atoms with Gasteiger partial charge in [0.2, 0.25) is 0 Å². The lowest BCUT2D eigenvalue weighted by Gasteiger charge is -2.41. The summed E-state index contributed by atoms with van der Waals surface area (Å²) in [7, 11) is 0. The van der Waals surface area contributed by atoms with Gasteiger partial charge in [-0.2, -0.15) is 0 Å². The topological polar surface area (TPSA) is 40.5 Å². The first-order valence-electron chi connectivity index (χ1n) is 15.6. The Bertz CT molecular complexity index is 1760. The number of rotatable bonds is 6. The molecule has 6 aromatic carbocycles. The van der Waals surface area contributed by atoms with Crippen molar-refractivity contribution in [3.8, 4) is 56.0 Å².